The maximum absolute atomic E-state index is 14.1. The van der Waals surface area contributed by atoms with E-state index in [1.165, 1.54) is 25.3 Å². The van der Waals surface area contributed by atoms with Gasteiger partial charge in [-0.25, -0.2) is 4.39 Å². The first kappa shape index (κ1) is 19.1. The number of nitrogens with zero attached hydrogens (tertiary/aromatic N) is 1. The van der Waals surface area contributed by atoms with Gasteiger partial charge in [0.25, 0.3) is 0 Å². The molecular weight excluding hydrogens is 362 g/mol. The number of ether oxygens (including phenoxy) is 1. The van der Waals surface area contributed by atoms with Gasteiger partial charge in [0, 0.05) is 6.20 Å². The van der Waals surface area contributed by atoms with Crippen molar-refractivity contribution in [1.29, 1.82) is 0 Å². The van der Waals surface area contributed by atoms with Crippen molar-refractivity contribution in [2.45, 2.75) is 31.4 Å². The third-order valence-corrected chi connectivity index (χ3v) is 4.93. The molecule has 0 saturated heterocycles. The highest BCUT2D eigenvalue weighted by Gasteiger charge is 2.44. The number of rotatable bonds is 3. The smallest absolute Gasteiger partial charge is 0.433 e. The number of halogens is 4. The molecule has 0 spiro atoms. The van der Waals surface area contributed by atoms with E-state index in [4.69, 9.17) is 4.74 Å². The zero-order chi connectivity index (χ0) is 19.8. The lowest BCUT2D eigenvalue weighted by molar-refractivity contribution is -0.145. The zero-order valence-corrected chi connectivity index (χ0v) is 14.7. The molecule has 1 aliphatic carbocycles. The summed E-state index contributed by atoms with van der Waals surface area (Å²) in [5, 5.41) is 0. The SMILES string of the molecule is COC(=O)C1(c2cccc(F)c2C)C=C(c2ccnc(C(F)(F)F)c2)CC1. The van der Waals surface area contributed by atoms with Crippen molar-refractivity contribution >= 4 is 11.5 Å². The van der Waals surface area contributed by atoms with Gasteiger partial charge in [-0.05, 0) is 60.2 Å². The van der Waals surface area contributed by atoms with Crippen LogP contribution in [0.25, 0.3) is 5.57 Å². The molecule has 0 N–H and O–H groups in total. The highest BCUT2D eigenvalue weighted by Crippen LogP contribution is 2.45. The van der Waals surface area contributed by atoms with E-state index < -0.39 is 29.1 Å². The molecule has 7 heteroatoms. The number of alkyl halides is 3. The first-order chi connectivity index (χ1) is 12.7. The van der Waals surface area contributed by atoms with E-state index in [0.717, 1.165) is 12.3 Å². The van der Waals surface area contributed by atoms with Crippen molar-refractivity contribution in [3.63, 3.8) is 0 Å². The second-order valence-corrected chi connectivity index (χ2v) is 6.47. The first-order valence-corrected chi connectivity index (χ1v) is 8.28. The predicted octanol–water partition coefficient (Wildman–Crippen LogP) is 4.84. The van der Waals surface area contributed by atoms with Crippen LogP contribution in [0.15, 0.2) is 42.6 Å². The molecule has 1 aromatic heterocycles. The molecule has 0 saturated carbocycles. The number of carbonyl (C=O) groups excluding carboxylic acids is 1. The van der Waals surface area contributed by atoms with E-state index in [2.05, 4.69) is 4.98 Å². The average molecular weight is 379 g/mol. The summed E-state index contributed by atoms with van der Waals surface area (Å²) in [5.74, 6) is -1.03. The van der Waals surface area contributed by atoms with Crippen LogP contribution in [-0.2, 0) is 21.1 Å². The summed E-state index contributed by atoms with van der Waals surface area (Å²) in [6.07, 6.45) is -1.25. The van der Waals surface area contributed by atoms with Crippen molar-refractivity contribution in [2.24, 2.45) is 0 Å². The van der Waals surface area contributed by atoms with Crippen molar-refractivity contribution < 1.29 is 27.1 Å². The van der Waals surface area contributed by atoms with Gasteiger partial charge in [0.05, 0.1) is 7.11 Å². The third kappa shape index (κ3) is 3.34. The van der Waals surface area contributed by atoms with E-state index in [1.54, 1.807) is 19.1 Å². The molecule has 1 aromatic carbocycles. The lowest BCUT2D eigenvalue weighted by atomic mass is 9.77. The van der Waals surface area contributed by atoms with Gasteiger partial charge in [-0.3, -0.25) is 9.78 Å². The van der Waals surface area contributed by atoms with Crippen LogP contribution < -0.4 is 0 Å². The lowest BCUT2D eigenvalue weighted by Crippen LogP contribution is -2.34. The van der Waals surface area contributed by atoms with E-state index in [9.17, 15) is 22.4 Å². The molecule has 1 heterocycles. The van der Waals surface area contributed by atoms with Gasteiger partial charge in [0.1, 0.15) is 16.9 Å². The normalized spacial score (nSPS) is 19.7. The van der Waals surface area contributed by atoms with E-state index in [-0.39, 0.29) is 6.42 Å². The standard InChI is InChI=1S/C20H17F4NO2/c1-12-15(4-3-5-16(12)21)19(18(26)27-2)8-6-14(11-19)13-7-9-25-17(10-13)20(22,23)24/h3-5,7,9-11H,6,8H2,1-2H3. The molecule has 142 valence electrons. The molecule has 1 atom stereocenters. The van der Waals surface area contributed by atoms with Crippen LogP contribution in [0.2, 0.25) is 0 Å². The Hall–Kier alpha value is -2.70. The molecule has 0 aliphatic heterocycles. The summed E-state index contributed by atoms with van der Waals surface area (Å²) in [4.78, 5) is 16.0. The molecule has 3 rings (SSSR count). The molecule has 0 amide bonds. The Morgan fingerprint density at radius 1 is 1.26 bits per heavy atom. The van der Waals surface area contributed by atoms with Gasteiger partial charge < -0.3 is 4.74 Å². The highest BCUT2D eigenvalue weighted by atomic mass is 19.4. The number of pyridine rings is 1. The summed E-state index contributed by atoms with van der Waals surface area (Å²) < 4.78 is 57.9. The summed E-state index contributed by atoms with van der Waals surface area (Å²) in [6, 6.07) is 6.86. The van der Waals surface area contributed by atoms with Crippen molar-refractivity contribution in [1.82, 2.24) is 4.98 Å². The number of allylic oxidation sites excluding steroid dienone is 1. The minimum absolute atomic E-state index is 0.281. The Bertz CT molecular complexity index is 920. The first-order valence-electron chi connectivity index (χ1n) is 8.28. The summed E-state index contributed by atoms with van der Waals surface area (Å²) in [7, 11) is 1.23. The number of esters is 1. The topological polar surface area (TPSA) is 39.2 Å². The number of aromatic nitrogens is 1. The van der Waals surface area contributed by atoms with Crippen LogP contribution in [0.3, 0.4) is 0 Å². The van der Waals surface area contributed by atoms with Crippen LogP contribution in [0, 0.1) is 12.7 Å². The van der Waals surface area contributed by atoms with Crippen LogP contribution in [0.5, 0.6) is 0 Å². The van der Waals surface area contributed by atoms with Crippen molar-refractivity contribution in [2.75, 3.05) is 7.11 Å². The quantitative estimate of drug-likeness (QED) is 0.566. The molecule has 0 bridgehead atoms. The minimum Gasteiger partial charge on any atom is -0.468 e. The van der Waals surface area contributed by atoms with Gasteiger partial charge in [0.15, 0.2) is 0 Å². The molecule has 0 fully saturated rings. The van der Waals surface area contributed by atoms with Gasteiger partial charge >= 0.3 is 12.1 Å². The van der Waals surface area contributed by atoms with Crippen molar-refractivity contribution in [3.05, 3.63) is 70.8 Å². The summed E-state index contributed by atoms with van der Waals surface area (Å²) in [5.41, 5.74) is -0.578. The number of methoxy groups -OCH3 is 1. The minimum atomic E-state index is -4.56. The van der Waals surface area contributed by atoms with E-state index in [0.29, 0.717) is 28.7 Å². The van der Waals surface area contributed by atoms with Crippen molar-refractivity contribution in [3.8, 4) is 0 Å². The summed E-state index contributed by atoms with van der Waals surface area (Å²) in [6.45, 7) is 1.56. The Balaban J connectivity index is 2.13. The molecule has 3 nitrogen and oxygen atoms in total. The molecule has 27 heavy (non-hydrogen) atoms. The lowest BCUT2D eigenvalue weighted by Gasteiger charge is -2.26. The fourth-order valence-electron chi connectivity index (χ4n) is 3.54. The molecule has 0 radical (unpaired) electrons. The number of hydrogen-bond acceptors (Lipinski definition) is 3. The van der Waals surface area contributed by atoms with Crippen LogP contribution in [0.1, 0.15) is 35.2 Å². The number of benzene rings is 1. The average Bonchev–Trinajstić information content (AvgIpc) is 3.09. The van der Waals surface area contributed by atoms with Crippen LogP contribution >= 0.6 is 0 Å². The maximum atomic E-state index is 14.1. The van der Waals surface area contributed by atoms with Gasteiger partial charge in [-0.1, -0.05) is 18.2 Å². The Labute approximate surface area is 153 Å². The number of hydrogen-bond donors (Lipinski definition) is 0. The highest BCUT2D eigenvalue weighted by molar-refractivity contribution is 5.91. The second kappa shape index (κ2) is 6.79. The second-order valence-electron chi connectivity index (χ2n) is 6.47. The van der Waals surface area contributed by atoms with Crippen LogP contribution in [0.4, 0.5) is 17.6 Å². The Kier molecular flexibility index (Phi) is 4.80. The van der Waals surface area contributed by atoms with Gasteiger partial charge in [-0.15, -0.1) is 0 Å². The molecular formula is C20H17F4NO2. The molecule has 2 aromatic rings. The Morgan fingerprint density at radius 3 is 2.67 bits per heavy atom. The van der Waals surface area contributed by atoms with Gasteiger partial charge in [0.2, 0.25) is 0 Å². The fourth-order valence-corrected chi connectivity index (χ4v) is 3.54. The fraction of sp³-hybridized carbons (Fsp3) is 0.300. The maximum Gasteiger partial charge on any atom is 0.433 e. The Morgan fingerprint density at radius 2 is 2.00 bits per heavy atom. The molecule has 1 aliphatic rings. The van der Waals surface area contributed by atoms with E-state index >= 15 is 0 Å². The predicted molar refractivity (Wildman–Crippen MR) is 91.3 cm³/mol. The summed E-state index contributed by atoms with van der Waals surface area (Å²) >= 11 is 0. The number of carbonyl (C=O) groups is 1. The molecule has 1 unspecified atom stereocenters. The monoisotopic (exact) mass is 379 g/mol. The largest absolute Gasteiger partial charge is 0.468 e. The van der Waals surface area contributed by atoms with Gasteiger partial charge in [-0.2, -0.15) is 13.2 Å². The third-order valence-electron chi connectivity index (χ3n) is 4.93. The van der Waals surface area contributed by atoms with Crippen LogP contribution in [-0.4, -0.2) is 18.1 Å². The van der Waals surface area contributed by atoms with E-state index in [1.807, 2.05) is 0 Å². The zero-order valence-electron chi connectivity index (χ0n) is 14.7.